The molecule has 3 nitrogen and oxygen atoms in total. The Morgan fingerprint density at radius 1 is 1.12 bits per heavy atom. The fraction of sp³-hybridized carbons (Fsp3) is 0.250. The Bertz CT molecular complexity index is 795. The average Bonchev–Trinajstić information content (AvgIpc) is 3.07. The van der Waals surface area contributed by atoms with Crippen molar-refractivity contribution in [2.75, 3.05) is 0 Å². The summed E-state index contributed by atoms with van der Waals surface area (Å²) in [5.74, 6) is -0.730. The lowest BCUT2D eigenvalue weighted by atomic mass is 10.0. The van der Waals surface area contributed by atoms with Crippen molar-refractivity contribution in [2.45, 2.75) is 35.8 Å². The summed E-state index contributed by atoms with van der Waals surface area (Å²) in [5, 5.41) is 13.2. The fourth-order valence-electron chi connectivity index (χ4n) is 2.46. The number of thioether (sulfide) groups is 1. The van der Waals surface area contributed by atoms with Crippen molar-refractivity contribution in [3.8, 4) is 0 Å². The van der Waals surface area contributed by atoms with Gasteiger partial charge in [0, 0.05) is 11.3 Å². The molecule has 132 valence electrons. The molecule has 3 rings (SSSR count). The van der Waals surface area contributed by atoms with Gasteiger partial charge in [-0.2, -0.15) is 0 Å². The maximum absolute atomic E-state index is 10.3. The van der Waals surface area contributed by atoms with Crippen LogP contribution >= 0.6 is 23.1 Å². The van der Waals surface area contributed by atoms with E-state index < -0.39 is 5.97 Å². The zero-order valence-electron chi connectivity index (χ0n) is 14.4. The monoisotopic (exact) mass is 373 g/mol. The molecule has 25 heavy (non-hydrogen) atoms. The quantitative estimate of drug-likeness (QED) is 0.575. The number of carbonyl (C=O) groups is 1. The molecule has 1 aromatic heterocycles. The van der Waals surface area contributed by atoms with E-state index in [4.69, 9.17) is 10.8 Å². The van der Waals surface area contributed by atoms with Gasteiger partial charge in [-0.15, -0.1) is 23.1 Å². The lowest BCUT2D eigenvalue weighted by Crippen LogP contribution is -2.05. The molecule has 0 radical (unpaired) electrons. The van der Waals surface area contributed by atoms with Crippen molar-refractivity contribution < 1.29 is 9.90 Å². The Kier molecular flexibility index (Phi) is 7.50. The van der Waals surface area contributed by atoms with Crippen LogP contribution in [0, 0.1) is 0 Å². The third-order valence-electron chi connectivity index (χ3n) is 3.59. The number of thiophene rings is 1. The maximum atomic E-state index is 10.3. The normalized spacial score (nSPS) is 12.9. The van der Waals surface area contributed by atoms with Crippen LogP contribution in [0.15, 0.2) is 64.2 Å². The summed E-state index contributed by atoms with van der Waals surface area (Å²) in [6.07, 6.45) is 0.225. The molecule has 0 saturated heterocycles. The van der Waals surface area contributed by atoms with E-state index in [-0.39, 0.29) is 17.7 Å². The Labute approximate surface area is 156 Å². The third-order valence-corrected chi connectivity index (χ3v) is 5.76. The van der Waals surface area contributed by atoms with E-state index in [2.05, 4.69) is 30.3 Å². The van der Waals surface area contributed by atoms with Crippen LogP contribution in [0.1, 0.15) is 31.9 Å². The van der Waals surface area contributed by atoms with Crippen LogP contribution in [0.5, 0.6) is 0 Å². The second-order valence-electron chi connectivity index (χ2n) is 5.82. The second kappa shape index (κ2) is 9.61. The van der Waals surface area contributed by atoms with Gasteiger partial charge >= 0.3 is 5.97 Å². The van der Waals surface area contributed by atoms with Crippen LogP contribution in [0.25, 0.3) is 10.8 Å². The van der Waals surface area contributed by atoms with E-state index in [0.717, 1.165) is 0 Å². The van der Waals surface area contributed by atoms with Crippen LogP contribution in [-0.4, -0.2) is 16.3 Å². The lowest BCUT2D eigenvalue weighted by molar-refractivity contribution is -0.136. The van der Waals surface area contributed by atoms with Gasteiger partial charge in [0.1, 0.15) is 0 Å². The number of hydrogen-bond donors (Lipinski definition) is 2. The van der Waals surface area contributed by atoms with Gasteiger partial charge in [0.25, 0.3) is 0 Å². The van der Waals surface area contributed by atoms with Crippen LogP contribution in [-0.2, 0) is 4.79 Å². The number of carboxylic acids is 1. The van der Waals surface area contributed by atoms with Crippen molar-refractivity contribution in [3.63, 3.8) is 0 Å². The first-order chi connectivity index (χ1) is 12.0. The first-order valence-corrected chi connectivity index (χ1v) is 9.88. The number of hydrogen-bond acceptors (Lipinski definition) is 4. The predicted molar refractivity (Wildman–Crippen MR) is 108 cm³/mol. The van der Waals surface area contributed by atoms with Crippen molar-refractivity contribution >= 4 is 39.8 Å². The molecule has 0 bridgehead atoms. The molecule has 0 amide bonds. The summed E-state index contributed by atoms with van der Waals surface area (Å²) >= 11 is 3.26. The van der Waals surface area contributed by atoms with Crippen molar-refractivity contribution in [1.29, 1.82) is 0 Å². The number of benzene rings is 2. The first-order valence-electron chi connectivity index (χ1n) is 8.12. The number of fused-ring (bicyclic) bond motifs is 1. The molecule has 0 aliphatic carbocycles. The molecule has 2 atom stereocenters. The van der Waals surface area contributed by atoms with Gasteiger partial charge in [0.15, 0.2) is 0 Å². The molecular weight excluding hydrogens is 350 g/mol. The smallest absolute Gasteiger partial charge is 0.304 e. The third kappa shape index (κ3) is 6.20. The van der Waals surface area contributed by atoms with Crippen molar-refractivity contribution in [3.05, 3.63) is 65.5 Å². The summed E-state index contributed by atoms with van der Waals surface area (Å²) in [6.45, 7) is 3.94. The Balaban J connectivity index is 0.000000181. The lowest BCUT2D eigenvalue weighted by Gasteiger charge is -2.09. The summed E-state index contributed by atoms with van der Waals surface area (Å²) in [6, 6.07) is 18.7. The zero-order chi connectivity index (χ0) is 18.2. The molecule has 5 heteroatoms. The van der Waals surface area contributed by atoms with E-state index in [1.807, 2.05) is 43.5 Å². The topological polar surface area (TPSA) is 63.3 Å². The van der Waals surface area contributed by atoms with E-state index in [9.17, 15) is 4.79 Å². The highest BCUT2D eigenvalue weighted by Gasteiger charge is 2.09. The van der Waals surface area contributed by atoms with E-state index in [0.29, 0.717) is 0 Å². The highest BCUT2D eigenvalue weighted by atomic mass is 32.2. The van der Waals surface area contributed by atoms with Crippen LogP contribution in [0.4, 0.5) is 0 Å². The summed E-state index contributed by atoms with van der Waals surface area (Å²) in [7, 11) is 0. The molecular formula is C20H23NO2S2. The molecule has 0 saturated carbocycles. The molecule has 3 aromatic rings. The Hall–Kier alpha value is -1.82. The molecule has 0 aliphatic heterocycles. The zero-order valence-corrected chi connectivity index (χ0v) is 16.0. The van der Waals surface area contributed by atoms with Crippen LogP contribution in [0.2, 0.25) is 0 Å². The predicted octanol–water partition coefficient (Wildman–Crippen LogP) is 5.56. The van der Waals surface area contributed by atoms with Crippen LogP contribution < -0.4 is 5.73 Å². The molecule has 1 heterocycles. The van der Waals surface area contributed by atoms with Crippen LogP contribution in [0.3, 0.4) is 0 Å². The van der Waals surface area contributed by atoms with Gasteiger partial charge < -0.3 is 10.8 Å². The van der Waals surface area contributed by atoms with Crippen molar-refractivity contribution in [2.24, 2.45) is 5.73 Å². The van der Waals surface area contributed by atoms with E-state index in [1.165, 1.54) is 20.5 Å². The highest BCUT2D eigenvalue weighted by molar-refractivity contribution is 8.01. The summed E-state index contributed by atoms with van der Waals surface area (Å²) in [5.41, 5.74) is 7.10. The Morgan fingerprint density at radius 2 is 1.84 bits per heavy atom. The number of nitrogens with two attached hydrogens (primary N) is 1. The van der Waals surface area contributed by atoms with E-state index in [1.54, 1.807) is 23.1 Å². The number of carboxylic acid groups (broad SMARTS) is 1. The molecule has 0 spiro atoms. The fourth-order valence-corrected chi connectivity index (χ4v) is 4.57. The van der Waals surface area contributed by atoms with Gasteiger partial charge in [0.2, 0.25) is 0 Å². The van der Waals surface area contributed by atoms with Gasteiger partial charge in [0.05, 0.1) is 10.6 Å². The van der Waals surface area contributed by atoms with Gasteiger partial charge in [-0.25, -0.2) is 0 Å². The molecule has 2 aromatic carbocycles. The Morgan fingerprint density at radius 3 is 2.48 bits per heavy atom. The number of aliphatic carboxylic acids is 1. The summed E-state index contributed by atoms with van der Waals surface area (Å²) in [4.78, 5) is 10.3. The largest absolute Gasteiger partial charge is 0.481 e. The molecule has 0 fully saturated rings. The van der Waals surface area contributed by atoms with E-state index >= 15 is 0 Å². The molecule has 3 N–H and O–H groups in total. The van der Waals surface area contributed by atoms with Gasteiger partial charge in [-0.05, 0) is 34.7 Å². The molecule has 0 aliphatic rings. The molecule has 1 unspecified atom stereocenters. The first kappa shape index (κ1) is 19.5. The van der Waals surface area contributed by atoms with Crippen molar-refractivity contribution in [1.82, 2.24) is 0 Å². The minimum Gasteiger partial charge on any atom is -0.481 e. The average molecular weight is 374 g/mol. The minimum absolute atomic E-state index is 0.103. The minimum atomic E-state index is -0.730. The number of rotatable bonds is 5. The van der Waals surface area contributed by atoms with Gasteiger partial charge in [-0.1, -0.05) is 55.5 Å². The van der Waals surface area contributed by atoms with Gasteiger partial charge in [-0.3, -0.25) is 4.79 Å². The highest BCUT2D eigenvalue weighted by Crippen LogP contribution is 2.28. The second-order valence-corrected chi connectivity index (χ2v) is 8.50. The SMILES string of the molecule is CC(N)c1cccc2ccccc12.C[C@@H](CC(=O)O)Sc1cccs1. The maximum Gasteiger partial charge on any atom is 0.304 e. The summed E-state index contributed by atoms with van der Waals surface area (Å²) < 4.78 is 1.18. The standard InChI is InChI=1S/C12H13N.C8H10O2S2/c1-9(13)11-8-4-6-10-5-2-3-7-12(10)11;1-6(5-7(9)10)12-8-3-2-4-11-8/h2-9H,13H2,1H3;2-4,6H,5H2,1H3,(H,9,10)/t;6-/m.0/s1.